The summed E-state index contributed by atoms with van der Waals surface area (Å²) in [6.45, 7) is 0. The van der Waals surface area contributed by atoms with Gasteiger partial charge in [0.15, 0.2) is 9.84 Å². The van der Waals surface area contributed by atoms with E-state index in [9.17, 15) is 13.7 Å². The molecule has 1 aromatic heterocycles. The fourth-order valence-electron chi connectivity index (χ4n) is 2.70. The maximum Gasteiger partial charge on any atom is 0.175 e. The highest BCUT2D eigenvalue weighted by atomic mass is 32.2. The number of methoxy groups -OCH3 is 1. The largest absolute Gasteiger partial charge is 0.497 e. The van der Waals surface area contributed by atoms with Crippen molar-refractivity contribution >= 4 is 15.7 Å². The number of pyridine rings is 1. The number of nitrogens with zero attached hydrogens (tertiary/aromatic N) is 2. The van der Waals surface area contributed by atoms with E-state index in [-0.39, 0.29) is 16.3 Å². The molecule has 0 aliphatic heterocycles. The molecule has 0 fully saturated rings. The fourth-order valence-corrected chi connectivity index (χ4v) is 3.33. The summed E-state index contributed by atoms with van der Waals surface area (Å²) in [7, 11) is -1.71. The molecule has 1 heterocycles. The van der Waals surface area contributed by atoms with Crippen molar-refractivity contribution in [3.05, 3.63) is 60.2 Å². The molecule has 2 N–H and O–H groups in total. The van der Waals surface area contributed by atoms with Gasteiger partial charge >= 0.3 is 0 Å². The third-order valence-electron chi connectivity index (χ3n) is 4.14. The van der Waals surface area contributed by atoms with E-state index in [1.54, 1.807) is 25.3 Å². The van der Waals surface area contributed by atoms with Gasteiger partial charge in [-0.15, -0.1) is 0 Å². The van der Waals surface area contributed by atoms with E-state index in [1.165, 1.54) is 12.1 Å². The minimum absolute atomic E-state index is 0.119. The Morgan fingerprint density at radius 1 is 1.04 bits per heavy atom. The number of anilines is 1. The molecule has 0 aliphatic carbocycles. The van der Waals surface area contributed by atoms with Crippen LogP contribution in [-0.2, 0) is 9.84 Å². The first-order valence-electron chi connectivity index (χ1n) is 7.99. The summed E-state index contributed by atoms with van der Waals surface area (Å²) >= 11 is 0. The van der Waals surface area contributed by atoms with Crippen molar-refractivity contribution < 1.29 is 13.2 Å². The Morgan fingerprint density at radius 3 is 2.15 bits per heavy atom. The summed E-state index contributed by atoms with van der Waals surface area (Å²) in [6, 6.07) is 17.5. The van der Waals surface area contributed by atoms with Gasteiger partial charge in [-0.05, 0) is 48.0 Å². The molecule has 0 saturated heterocycles. The summed E-state index contributed by atoms with van der Waals surface area (Å²) in [5.41, 5.74) is 8.96. The van der Waals surface area contributed by atoms with Crippen LogP contribution in [0.1, 0.15) is 5.56 Å². The number of hydrogen-bond acceptors (Lipinski definition) is 6. The highest BCUT2D eigenvalue weighted by Gasteiger charge is 2.14. The summed E-state index contributed by atoms with van der Waals surface area (Å²) in [4.78, 5) is 4.54. The second kappa shape index (κ2) is 7.09. The number of ether oxygens (including phenoxy) is 1. The van der Waals surface area contributed by atoms with E-state index < -0.39 is 9.84 Å². The first-order valence-corrected chi connectivity index (χ1v) is 9.88. The SMILES string of the molecule is COc1ccc(-c2cc(-c3ccc(S(C)(=O)=O)cc3)c(C#N)c(N)n2)cc1. The number of hydrogen-bond donors (Lipinski definition) is 1. The van der Waals surface area contributed by atoms with Gasteiger partial charge in [0.05, 0.1) is 17.7 Å². The summed E-state index contributed by atoms with van der Waals surface area (Å²) in [6.07, 6.45) is 1.15. The second-order valence-corrected chi connectivity index (χ2v) is 7.97. The molecule has 0 radical (unpaired) electrons. The van der Waals surface area contributed by atoms with Crippen LogP contribution >= 0.6 is 0 Å². The van der Waals surface area contributed by atoms with Crippen LogP contribution < -0.4 is 10.5 Å². The summed E-state index contributed by atoms with van der Waals surface area (Å²) in [5, 5.41) is 9.49. The Balaban J connectivity index is 2.14. The first-order chi connectivity index (χ1) is 12.8. The fraction of sp³-hybridized carbons (Fsp3) is 0.100. The molecule has 27 heavy (non-hydrogen) atoms. The Morgan fingerprint density at radius 2 is 1.63 bits per heavy atom. The molecule has 0 aliphatic rings. The third kappa shape index (κ3) is 3.76. The molecule has 136 valence electrons. The molecule has 7 heteroatoms. The van der Waals surface area contributed by atoms with E-state index >= 15 is 0 Å². The van der Waals surface area contributed by atoms with Gasteiger partial charge in [-0.25, -0.2) is 13.4 Å². The lowest BCUT2D eigenvalue weighted by atomic mass is 9.98. The number of sulfone groups is 1. The van der Waals surface area contributed by atoms with Gasteiger partial charge in [0.1, 0.15) is 23.2 Å². The monoisotopic (exact) mass is 379 g/mol. The molecule has 0 spiro atoms. The van der Waals surface area contributed by atoms with E-state index in [4.69, 9.17) is 10.5 Å². The molecule has 0 saturated carbocycles. The molecular weight excluding hydrogens is 362 g/mol. The topological polar surface area (TPSA) is 106 Å². The van der Waals surface area contributed by atoms with Crippen LogP contribution in [0, 0.1) is 11.3 Å². The number of nitrogen functional groups attached to an aromatic ring is 1. The highest BCUT2D eigenvalue weighted by Crippen LogP contribution is 2.32. The van der Waals surface area contributed by atoms with Crippen molar-refractivity contribution in [2.75, 3.05) is 19.1 Å². The minimum atomic E-state index is -3.30. The van der Waals surface area contributed by atoms with E-state index in [1.807, 2.05) is 24.3 Å². The van der Waals surface area contributed by atoms with Crippen LogP contribution in [0.3, 0.4) is 0 Å². The average Bonchev–Trinajstić information content (AvgIpc) is 2.67. The van der Waals surface area contributed by atoms with Crippen molar-refractivity contribution in [1.29, 1.82) is 5.26 Å². The molecule has 6 nitrogen and oxygen atoms in total. The average molecular weight is 379 g/mol. The Hall–Kier alpha value is -3.37. The zero-order chi connectivity index (χ0) is 19.6. The zero-order valence-electron chi connectivity index (χ0n) is 14.8. The van der Waals surface area contributed by atoms with Gasteiger partial charge in [0.2, 0.25) is 0 Å². The number of nitriles is 1. The predicted molar refractivity (Wildman–Crippen MR) is 104 cm³/mol. The summed E-state index contributed by atoms with van der Waals surface area (Å²) in [5.74, 6) is 0.838. The Kier molecular flexibility index (Phi) is 4.84. The van der Waals surface area contributed by atoms with Crippen LogP contribution in [-0.4, -0.2) is 26.8 Å². The number of aromatic nitrogens is 1. The van der Waals surface area contributed by atoms with Gasteiger partial charge in [-0.2, -0.15) is 5.26 Å². The van der Waals surface area contributed by atoms with E-state index in [2.05, 4.69) is 11.1 Å². The molecular formula is C20H17N3O3S. The minimum Gasteiger partial charge on any atom is -0.497 e. The Bertz CT molecular complexity index is 1130. The van der Waals surface area contributed by atoms with Crippen molar-refractivity contribution in [2.45, 2.75) is 4.90 Å². The highest BCUT2D eigenvalue weighted by molar-refractivity contribution is 7.90. The van der Waals surface area contributed by atoms with Gasteiger partial charge in [-0.1, -0.05) is 12.1 Å². The molecule has 0 unspecified atom stereocenters. The van der Waals surface area contributed by atoms with Gasteiger partial charge in [-0.3, -0.25) is 0 Å². The smallest absolute Gasteiger partial charge is 0.175 e. The number of nitrogens with two attached hydrogens (primary N) is 1. The standard InChI is InChI=1S/C20H17N3O3S/c1-26-15-7-3-14(4-8-15)19-11-17(18(12-21)20(22)23-19)13-5-9-16(10-6-13)27(2,24)25/h3-11H,1-2H3,(H2,22,23). The lowest BCUT2D eigenvalue weighted by Crippen LogP contribution is -2.00. The molecule has 0 amide bonds. The van der Waals surface area contributed by atoms with Crippen molar-refractivity contribution in [3.8, 4) is 34.2 Å². The summed E-state index contributed by atoms with van der Waals surface area (Å²) < 4.78 is 28.5. The molecule has 3 aromatic rings. The number of benzene rings is 2. The van der Waals surface area contributed by atoms with Crippen molar-refractivity contribution in [3.63, 3.8) is 0 Å². The maximum absolute atomic E-state index is 11.7. The maximum atomic E-state index is 11.7. The molecule has 2 aromatic carbocycles. The van der Waals surface area contributed by atoms with Crippen LogP contribution in [0.5, 0.6) is 5.75 Å². The van der Waals surface area contributed by atoms with Gasteiger partial charge in [0, 0.05) is 17.4 Å². The quantitative estimate of drug-likeness (QED) is 0.745. The van der Waals surface area contributed by atoms with Crippen LogP contribution in [0.25, 0.3) is 22.4 Å². The zero-order valence-corrected chi connectivity index (χ0v) is 15.6. The normalized spacial score (nSPS) is 11.0. The molecule has 3 rings (SSSR count). The van der Waals surface area contributed by atoms with Gasteiger partial charge < -0.3 is 10.5 Å². The number of rotatable bonds is 4. The van der Waals surface area contributed by atoms with Crippen molar-refractivity contribution in [2.24, 2.45) is 0 Å². The van der Waals surface area contributed by atoms with E-state index in [0.717, 1.165) is 17.6 Å². The van der Waals surface area contributed by atoms with Crippen LogP contribution in [0.2, 0.25) is 0 Å². The first kappa shape index (κ1) is 18.4. The lowest BCUT2D eigenvalue weighted by molar-refractivity contribution is 0.415. The predicted octanol–water partition coefficient (Wildman–Crippen LogP) is 3.28. The van der Waals surface area contributed by atoms with E-state index in [0.29, 0.717) is 16.8 Å². The van der Waals surface area contributed by atoms with Crippen LogP contribution in [0.4, 0.5) is 5.82 Å². The Labute approximate surface area is 157 Å². The molecule has 0 bridgehead atoms. The second-order valence-electron chi connectivity index (χ2n) is 5.95. The van der Waals surface area contributed by atoms with Crippen LogP contribution in [0.15, 0.2) is 59.5 Å². The lowest BCUT2D eigenvalue weighted by Gasteiger charge is -2.11. The third-order valence-corrected chi connectivity index (χ3v) is 5.27. The van der Waals surface area contributed by atoms with Gasteiger partial charge in [0.25, 0.3) is 0 Å². The van der Waals surface area contributed by atoms with Crippen molar-refractivity contribution in [1.82, 2.24) is 4.98 Å². The molecule has 0 atom stereocenters.